The summed E-state index contributed by atoms with van der Waals surface area (Å²) < 4.78 is 10.8. The van der Waals surface area contributed by atoms with Crippen LogP contribution in [0.4, 0.5) is 0 Å². The predicted molar refractivity (Wildman–Crippen MR) is 85.5 cm³/mol. The highest BCUT2D eigenvalue weighted by Crippen LogP contribution is 2.29. The number of carbonyl (C=O) groups excluding carboxylic acids is 2. The number of Topliss-reactive ketones (excluding diaryl/α,β-unsaturated/α-hetero) is 1. The summed E-state index contributed by atoms with van der Waals surface area (Å²) >= 11 is 0. The lowest BCUT2D eigenvalue weighted by atomic mass is 9.82. The minimum atomic E-state index is -1.03. The molecule has 4 atom stereocenters. The van der Waals surface area contributed by atoms with Gasteiger partial charge in [0.1, 0.15) is 5.60 Å². The van der Waals surface area contributed by atoms with Crippen LogP contribution in [-0.2, 0) is 19.1 Å². The second-order valence-corrected chi connectivity index (χ2v) is 6.04. The highest BCUT2D eigenvalue weighted by molar-refractivity contribution is 5.92. The molecule has 0 bridgehead atoms. The highest BCUT2D eigenvalue weighted by atomic mass is 16.6. The van der Waals surface area contributed by atoms with Gasteiger partial charge in [-0.2, -0.15) is 0 Å². The molecule has 0 radical (unpaired) electrons. The minimum Gasteiger partial charge on any atom is -0.454 e. The summed E-state index contributed by atoms with van der Waals surface area (Å²) in [5, 5.41) is 9.79. The zero-order valence-electron chi connectivity index (χ0n) is 14.6. The van der Waals surface area contributed by atoms with Gasteiger partial charge in [0.2, 0.25) is 5.78 Å². The number of hydrogen-bond acceptors (Lipinski definition) is 5. The molecular weight excluding hydrogens is 284 g/mol. The molecule has 3 unspecified atom stereocenters. The van der Waals surface area contributed by atoms with Crippen molar-refractivity contribution in [2.45, 2.75) is 72.2 Å². The van der Waals surface area contributed by atoms with Crippen molar-refractivity contribution in [1.82, 2.24) is 0 Å². The highest BCUT2D eigenvalue weighted by Gasteiger charge is 2.42. The van der Waals surface area contributed by atoms with Crippen LogP contribution in [0.15, 0.2) is 12.7 Å². The van der Waals surface area contributed by atoms with Crippen molar-refractivity contribution in [3.05, 3.63) is 12.7 Å². The number of rotatable bonds is 10. The van der Waals surface area contributed by atoms with Crippen molar-refractivity contribution in [3.8, 4) is 0 Å². The molecule has 0 spiro atoms. The molecule has 0 rings (SSSR count). The van der Waals surface area contributed by atoms with E-state index in [-0.39, 0.29) is 12.4 Å². The fourth-order valence-electron chi connectivity index (χ4n) is 1.98. The van der Waals surface area contributed by atoms with Crippen LogP contribution in [0.25, 0.3) is 0 Å². The van der Waals surface area contributed by atoms with Crippen molar-refractivity contribution < 1.29 is 24.2 Å². The fourth-order valence-corrected chi connectivity index (χ4v) is 1.98. The predicted octanol–water partition coefficient (Wildman–Crippen LogP) is 2.66. The third-order valence-electron chi connectivity index (χ3n) is 4.49. The summed E-state index contributed by atoms with van der Waals surface area (Å²) in [6.45, 7) is 13.8. The number of ketones is 1. The SMILES string of the molecule is C=CCOC(C)(CC)C(=O)C(C)OC(=O)[C@](C)(CC)C(C)O. The Morgan fingerprint density at radius 3 is 2.14 bits per heavy atom. The molecule has 5 heteroatoms. The van der Waals surface area contributed by atoms with Gasteiger partial charge < -0.3 is 14.6 Å². The Bertz CT molecular complexity index is 404. The van der Waals surface area contributed by atoms with E-state index in [0.29, 0.717) is 12.8 Å². The van der Waals surface area contributed by atoms with Crippen LogP contribution in [0.5, 0.6) is 0 Å². The molecule has 0 aromatic heterocycles. The number of hydrogen-bond donors (Lipinski definition) is 1. The van der Waals surface area contributed by atoms with Crippen LogP contribution in [0.2, 0.25) is 0 Å². The van der Waals surface area contributed by atoms with Crippen molar-refractivity contribution >= 4 is 11.8 Å². The molecule has 0 saturated carbocycles. The van der Waals surface area contributed by atoms with Gasteiger partial charge in [-0.25, -0.2) is 0 Å². The molecule has 128 valence electrons. The minimum absolute atomic E-state index is 0.247. The lowest BCUT2D eigenvalue weighted by molar-refractivity contribution is -0.175. The summed E-state index contributed by atoms with van der Waals surface area (Å²) in [4.78, 5) is 24.8. The molecule has 0 heterocycles. The van der Waals surface area contributed by atoms with Gasteiger partial charge in [0.05, 0.1) is 18.1 Å². The Morgan fingerprint density at radius 2 is 1.77 bits per heavy atom. The van der Waals surface area contributed by atoms with Gasteiger partial charge in [-0.05, 0) is 40.5 Å². The van der Waals surface area contributed by atoms with Crippen molar-refractivity contribution in [1.29, 1.82) is 0 Å². The van der Waals surface area contributed by atoms with Crippen LogP contribution in [0.1, 0.15) is 54.4 Å². The summed E-state index contributed by atoms with van der Waals surface area (Å²) in [5.74, 6) is -0.873. The molecule has 0 aromatic rings. The second kappa shape index (κ2) is 8.44. The van der Waals surface area contributed by atoms with Crippen molar-refractivity contribution in [2.24, 2.45) is 5.41 Å². The van der Waals surface area contributed by atoms with E-state index in [4.69, 9.17) is 9.47 Å². The van der Waals surface area contributed by atoms with Crippen LogP contribution in [-0.4, -0.2) is 41.3 Å². The average molecular weight is 314 g/mol. The zero-order chi connectivity index (χ0) is 17.6. The first kappa shape index (κ1) is 20.8. The van der Waals surface area contributed by atoms with Crippen LogP contribution in [0.3, 0.4) is 0 Å². The number of aliphatic hydroxyl groups excluding tert-OH is 1. The van der Waals surface area contributed by atoms with Gasteiger partial charge in [-0.1, -0.05) is 19.9 Å². The topological polar surface area (TPSA) is 72.8 Å². The molecule has 0 fully saturated rings. The average Bonchev–Trinajstić information content (AvgIpc) is 2.50. The second-order valence-electron chi connectivity index (χ2n) is 6.04. The molecule has 0 aliphatic heterocycles. The Hall–Kier alpha value is -1.20. The fraction of sp³-hybridized carbons (Fsp3) is 0.765. The van der Waals surface area contributed by atoms with Gasteiger partial charge in [-0.3, -0.25) is 9.59 Å². The van der Waals surface area contributed by atoms with Gasteiger partial charge in [0, 0.05) is 0 Å². The third-order valence-corrected chi connectivity index (χ3v) is 4.49. The maximum absolute atomic E-state index is 12.5. The van der Waals surface area contributed by atoms with E-state index in [1.165, 1.54) is 6.92 Å². The Balaban J connectivity index is 5.04. The lowest BCUT2D eigenvalue weighted by Crippen LogP contribution is -2.47. The number of aliphatic hydroxyl groups is 1. The summed E-state index contributed by atoms with van der Waals surface area (Å²) in [6.07, 6.45) is 0.652. The quantitative estimate of drug-likeness (QED) is 0.496. The maximum atomic E-state index is 12.5. The van der Waals surface area contributed by atoms with E-state index in [1.807, 2.05) is 6.92 Å². The Morgan fingerprint density at radius 1 is 1.23 bits per heavy atom. The first-order valence-electron chi connectivity index (χ1n) is 7.77. The molecule has 5 nitrogen and oxygen atoms in total. The van der Waals surface area contributed by atoms with Crippen molar-refractivity contribution in [3.63, 3.8) is 0 Å². The molecular formula is C17H30O5. The van der Waals surface area contributed by atoms with Crippen molar-refractivity contribution in [2.75, 3.05) is 6.61 Å². The number of carbonyl (C=O) groups is 2. The molecule has 0 aromatic carbocycles. The van der Waals surface area contributed by atoms with Crippen LogP contribution < -0.4 is 0 Å². The number of ether oxygens (including phenoxy) is 2. The van der Waals surface area contributed by atoms with Crippen LogP contribution in [0, 0.1) is 5.41 Å². The normalized spacial score (nSPS) is 19.4. The van der Waals surface area contributed by atoms with E-state index >= 15 is 0 Å². The van der Waals surface area contributed by atoms with E-state index in [2.05, 4.69) is 6.58 Å². The van der Waals surface area contributed by atoms with Crippen LogP contribution >= 0.6 is 0 Å². The van der Waals surface area contributed by atoms with Gasteiger partial charge in [0.25, 0.3) is 0 Å². The third kappa shape index (κ3) is 4.65. The van der Waals surface area contributed by atoms with E-state index < -0.39 is 29.2 Å². The zero-order valence-corrected chi connectivity index (χ0v) is 14.6. The van der Waals surface area contributed by atoms with E-state index in [9.17, 15) is 14.7 Å². The first-order chi connectivity index (χ1) is 10.1. The Kier molecular flexibility index (Phi) is 7.98. The van der Waals surface area contributed by atoms with Gasteiger partial charge >= 0.3 is 5.97 Å². The smallest absolute Gasteiger partial charge is 0.315 e. The largest absolute Gasteiger partial charge is 0.454 e. The first-order valence-corrected chi connectivity index (χ1v) is 7.77. The molecule has 0 aliphatic rings. The maximum Gasteiger partial charge on any atom is 0.315 e. The molecule has 0 saturated heterocycles. The van der Waals surface area contributed by atoms with E-state index in [1.54, 1.807) is 33.8 Å². The van der Waals surface area contributed by atoms with Gasteiger partial charge in [0.15, 0.2) is 6.10 Å². The molecule has 0 amide bonds. The Labute approximate surface area is 133 Å². The lowest BCUT2D eigenvalue weighted by Gasteiger charge is -2.33. The molecule has 22 heavy (non-hydrogen) atoms. The summed E-state index contributed by atoms with van der Waals surface area (Å²) in [7, 11) is 0. The monoisotopic (exact) mass is 314 g/mol. The van der Waals surface area contributed by atoms with Gasteiger partial charge in [-0.15, -0.1) is 6.58 Å². The summed E-state index contributed by atoms with van der Waals surface area (Å²) in [6, 6.07) is 0. The summed E-state index contributed by atoms with van der Waals surface area (Å²) in [5.41, 5.74) is -2.06. The van der Waals surface area contributed by atoms with E-state index in [0.717, 1.165) is 0 Å². The molecule has 1 N–H and O–H groups in total. The number of esters is 1. The molecule has 0 aliphatic carbocycles. The standard InChI is InChI=1S/C17H30O5/c1-8-11-21-17(7,10-3)14(19)12(4)22-15(20)16(6,9-2)13(5)18/h8,12-13,18H,1,9-11H2,2-7H3/t12?,13?,16-,17?/m1/s1.